The molecule has 144 valence electrons. The largest absolute Gasteiger partial charge is 0.490 e. The normalized spacial score (nSPS) is 13.5. The van der Waals surface area contributed by atoms with Gasteiger partial charge in [0.15, 0.2) is 9.84 Å². The van der Waals surface area contributed by atoms with Gasteiger partial charge < -0.3 is 4.74 Å². The number of ether oxygens (including phenoxy) is 1. The van der Waals surface area contributed by atoms with Gasteiger partial charge >= 0.3 is 12.1 Å². The molecule has 0 N–H and O–H groups in total. The molecule has 4 nitrogen and oxygen atoms in total. The van der Waals surface area contributed by atoms with Crippen molar-refractivity contribution in [2.75, 3.05) is 5.75 Å². The zero-order valence-corrected chi connectivity index (χ0v) is 15.1. The first-order chi connectivity index (χ1) is 12.1. The molecule has 1 rings (SSSR count). The molecule has 0 aromatic heterocycles. The number of hydrogen-bond donors (Lipinski definition) is 0. The fourth-order valence-corrected chi connectivity index (χ4v) is 3.24. The second-order valence-electron chi connectivity index (χ2n) is 5.65. The maximum absolute atomic E-state index is 12.1. The first kappa shape index (κ1) is 22.0. The highest BCUT2D eigenvalue weighted by Gasteiger charge is 2.41. The molecule has 0 aliphatic rings. The van der Waals surface area contributed by atoms with Crippen LogP contribution in [0.4, 0.5) is 13.2 Å². The molecular weight excluding hydrogens is 369 g/mol. The van der Waals surface area contributed by atoms with E-state index in [9.17, 15) is 26.4 Å². The van der Waals surface area contributed by atoms with Crippen molar-refractivity contribution in [3.63, 3.8) is 0 Å². The first-order valence-corrected chi connectivity index (χ1v) is 9.56. The van der Waals surface area contributed by atoms with Crippen molar-refractivity contribution < 1.29 is 31.1 Å². The number of sulfone groups is 1. The van der Waals surface area contributed by atoms with Crippen molar-refractivity contribution in [3.8, 4) is 0 Å². The number of allylic oxidation sites excluding steroid dienone is 2. The van der Waals surface area contributed by atoms with Crippen LogP contribution in [0.1, 0.15) is 24.8 Å². The molecule has 0 amide bonds. The van der Waals surface area contributed by atoms with Crippen molar-refractivity contribution in [1.29, 1.82) is 0 Å². The Morgan fingerprint density at radius 2 is 1.77 bits per heavy atom. The lowest BCUT2D eigenvalue weighted by Gasteiger charge is -2.14. The minimum absolute atomic E-state index is 0.0689. The Hall–Kier alpha value is -2.09. The summed E-state index contributed by atoms with van der Waals surface area (Å²) in [6, 6.07) is 6.55. The Bertz CT molecular complexity index is 735. The zero-order chi connectivity index (χ0) is 19.8. The molecule has 26 heavy (non-hydrogen) atoms. The Kier molecular flexibility index (Phi) is 8.08. The Morgan fingerprint density at radius 1 is 1.19 bits per heavy atom. The zero-order valence-electron chi connectivity index (χ0n) is 14.3. The number of aryl methyl sites for hydroxylation is 1. The van der Waals surface area contributed by atoms with Gasteiger partial charge in [-0.25, -0.2) is 13.2 Å². The fraction of sp³-hybridized carbons (Fsp3) is 0.389. The van der Waals surface area contributed by atoms with E-state index in [4.69, 9.17) is 0 Å². The number of esters is 1. The van der Waals surface area contributed by atoms with Gasteiger partial charge in [-0.05, 0) is 38.3 Å². The molecule has 0 saturated heterocycles. The smallest absolute Gasteiger partial charge is 0.451 e. The third-order valence-electron chi connectivity index (χ3n) is 3.47. The lowest BCUT2D eigenvalue weighted by atomic mass is 10.2. The molecular formula is C18H21F3O4S. The van der Waals surface area contributed by atoms with Gasteiger partial charge in [-0.1, -0.05) is 42.5 Å². The van der Waals surface area contributed by atoms with Gasteiger partial charge in [-0.3, -0.25) is 0 Å². The van der Waals surface area contributed by atoms with Crippen LogP contribution in [-0.2, 0) is 19.4 Å². The van der Waals surface area contributed by atoms with Crippen LogP contribution in [0.3, 0.4) is 0 Å². The van der Waals surface area contributed by atoms with E-state index in [1.165, 1.54) is 0 Å². The van der Waals surface area contributed by atoms with Gasteiger partial charge in [0.25, 0.3) is 0 Å². The first-order valence-electron chi connectivity index (χ1n) is 7.91. The lowest BCUT2D eigenvalue weighted by molar-refractivity contribution is -0.203. The van der Waals surface area contributed by atoms with Crippen LogP contribution in [0.2, 0.25) is 0 Å². The van der Waals surface area contributed by atoms with Crippen LogP contribution in [0, 0.1) is 6.92 Å². The molecule has 0 bridgehead atoms. The van der Waals surface area contributed by atoms with Crippen molar-refractivity contribution in [1.82, 2.24) is 0 Å². The highest BCUT2D eigenvalue weighted by Crippen LogP contribution is 2.19. The number of benzene rings is 1. The van der Waals surface area contributed by atoms with Gasteiger partial charge in [0.2, 0.25) is 0 Å². The molecule has 8 heteroatoms. The van der Waals surface area contributed by atoms with Crippen LogP contribution in [-0.4, -0.2) is 32.4 Å². The van der Waals surface area contributed by atoms with Gasteiger partial charge in [0.1, 0.15) is 6.10 Å². The van der Waals surface area contributed by atoms with E-state index in [0.717, 1.165) is 11.6 Å². The Balaban J connectivity index is 2.41. The lowest BCUT2D eigenvalue weighted by Crippen LogP contribution is -2.29. The number of carbonyl (C=O) groups is 1. The highest BCUT2D eigenvalue weighted by atomic mass is 32.2. The molecule has 1 aromatic rings. The SMILES string of the molecule is C=CC(CC/C=C/CCS(=O)(=O)c1ccc(C)cc1)OC(=O)C(F)(F)F. The number of alkyl halides is 3. The van der Waals surface area contributed by atoms with Crippen LogP contribution in [0.15, 0.2) is 54.0 Å². The van der Waals surface area contributed by atoms with Crippen LogP contribution >= 0.6 is 0 Å². The summed E-state index contributed by atoms with van der Waals surface area (Å²) in [7, 11) is -3.38. The Labute approximate surface area is 151 Å². The molecule has 1 aromatic carbocycles. The molecule has 1 atom stereocenters. The minimum Gasteiger partial charge on any atom is -0.451 e. The predicted molar refractivity (Wildman–Crippen MR) is 92.4 cm³/mol. The standard InChI is InChI=1S/C18H21F3O4S/c1-3-15(25-17(22)18(19,20)21)8-6-4-5-7-13-26(23,24)16-11-9-14(2)10-12-16/h3-5,9-12,15H,1,6-8,13H2,2H3/b5-4+. The number of carbonyl (C=O) groups excluding carboxylic acids is 1. The average molecular weight is 390 g/mol. The summed E-state index contributed by atoms with van der Waals surface area (Å²) in [5.74, 6) is -2.32. The summed E-state index contributed by atoms with van der Waals surface area (Å²) in [5, 5.41) is 0. The van der Waals surface area contributed by atoms with E-state index in [1.54, 1.807) is 36.4 Å². The summed E-state index contributed by atoms with van der Waals surface area (Å²) in [6.45, 7) is 5.20. The molecule has 0 fully saturated rings. The second-order valence-corrected chi connectivity index (χ2v) is 7.76. The van der Waals surface area contributed by atoms with Crippen LogP contribution in [0.5, 0.6) is 0 Å². The Morgan fingerprint density at radius 3 is 2.31 bits per heavy atom. The van der Waals surface area contributed by atoms with Gasteiger partial charge in [0.05, 0.1) is 10.6 Å². The van der Waals surface area contributed by atoms with E-state index in [-0.39, 0.29) is 23.5 Å². The van der Waals surface area contributed by atoms with Crippen molar-refractivity contribution in [2.24, 2.45) is 0 Å². The number of hydrogen-bond acceptors (Lipinski definition) is 4. The monoisotopic (exact) mass is 390 g/mol. The fourth-order valence-electron chi connectivity index (χ4n) is 2.01. The van der Waals surface area contributed by atoms with E-state index in [1.807, 2.05) is 6.92 Å². The van der Waals surface area contributed by atoms with Crippen molar-refractivity contribution in [2.45, 2.75) is 43.4 Å². The minimum atomic E-state index is -5.04. The topological polar surface area (TPSA) is 60.4 Å². The summed E-state index contributed by atoms with van der Waals surface area (Å²) in [6.07, 6.45) is -0.957. The molecule has 0 aliphatic heterocycles. The van der Waals surface area contributed by atoms with Crippen LogP contribution in [0.25, 0.3) is 0 Å². The number of halogens is 3. The quantitative estimate of drug-likeness (QED) is 0.469. The summed E-state index contributed by atoms with van der Waals surface area (Å²) >= 11 is 0. The average Bonchev–Trinajstić information content (AvgIpc) is 2.56. The van der Waals surface area contributed by atoms with Crippen molar-refractivity contribution in [3.05, 3.63) is 54.6 Å². The second kappa shape index (κ2) is 9.56. The summed E-state index contributed by atoms with van der Waals surface area (Å²) in [4.78, 5) is 11.0. The number of rotatable bonds is 9. The third kappa shape index (κ3) is 7.43. The molecule has 0 radical (unpaired) electrons. The third-order valence-corrected chi connectivity index (χ3v) is 5.23. The summed E-state index contributed by atoms with van der Waals surface area (Å²) in [5.41, 5.74) is 0.965. The van der Waals surface area contributed by atoms with E-state index in [2.05, 4.69) is 11.3 Å². The molecule has 0 spiro atoms. The van der Waals surface area contributed by atoms with Crippen LogP contribution < -0.4 is 0 Å². The molecule has 0 aliphatic carbocycles. The van der Waals surface area contributed by atoms with E-state index < -0.39 is 28.1 Å². The van der Waals surface area contributed by atoms with Gasteiger partial charge in [-0.2, -0.15) is 13.2 Å². The van der Waals surface area contributed by atoms with E-state index >= 15 is 0 Å². The van der Waals surface area contributed by atoms with Crippen molar-refractivity contribution >= 4 is 15.8 Å². The predicted octanol–water partition coefficient (Wildman–Crippen LogP) is 4.16. The molecule has 1 unspecified atom stereocenters. The highest BCUT2D eigenvalue weighted by molar-refractivity contribution is 7.91. The summed E-state index contributed by atoms with van der Waals surface area (Å²) < 4.78 is 64.9. The van der Waals surface area contributed by atoms with Gasteiger partial charge in [-0.15, -0.1) is 0 Å². The van der Waals surface area contributed by atoms with E-state index in [0.29, 0.717) is 6.42 Å². The maximum Gasteiger partial charge on any atom is 0.490 e. The van der Waals surface area contributed by atoms with Gasteiger partial charge in [0, 0.05) is 0 Å². The molecule has 0 heterocycles. The molecule has 0 saturated carbocycles. The maximum atomic E-state index is 12.1.